The summed E-state index contributed by atoms with van der Waals surface area (Å²) in [5.74, 6) is 3.49. The molecule has 0 heterocycles. The molecule has 0 aromatic heterocycles. The number of rotatable bonds is 18. The van der Waals surface area contributed by atoms with E-state index in [2.05, 4.69) is 56.9 Å². The smallest absolute Gasteiger partial charge is 0.335 e. The quantitative estimate of drug-likeness (QED) is 0.0981. The Bertz CT molecular complexity index is 1080. The monoisotopic (exact) mass is 642 g/mol. The highest BCUT2D eigenvalue weighted by atomic mass is 32.3. The summed E-state index contributed by atoms with van der Waals surface area (Å²) >= 11 is 0. The van der Waals surface area contributed by atoms with Gasteiger partial charge in [0, 0.05) is 11.5 Å². The largest absolute Gasteiger partial charge is 0.462 e. The molecule has 2 fully saturated rings. The van der Waals surface area contributed by atoms with Crippen molar-refractivity contribution in [1.29, 1.82) is 0 Å². The predicted molar refractivity (Wildman–Crippen MR) is 189 cm³/mol. The van der Waals surface area contributed by atoms with E-state index < -0.39 is 28.6 Å². The van der Waals surface area contributed by atoms with E-state index >= 15 is 0 Å². The average Bonchev–Trinajstić information content (AvgIpc) is 3.05. The average molecular weight is 643 g/mol. The molecule has 0 amide bonds. The lowest BCUT2D eigenvalue weighted by Crippen LogP contribution is -2.25. The summed E-state index contributed by atoms with van der Waals surface area (Å²) in [6.45, 7) is 10.9. The molecule has 45 heavy (non-hydrogen) atoms. The number of carbonyl (C=O) groups is 2. The number of benzene rings is 1. The molecule has 0 spiro atoms. The highest BCUT2D eigenvalue weighted by Gasteiger charge is 2.31. The molecule has 5 nitrogen and oxygen atoms in total. The van der Waals surface area contributed by atoms with Crippen molar-refractivity contribution in [3.8, 4) is 0 Å². The third-order valence-electron chi connectivity index (χ3n) is 10.5. The lowest BCUT2D eigenvalue weighted by Gasteiger charge is -2.38. The highest BCUT2D eigenvalue weighted by Crippen LogP contribution is 2.51. The van der Waals surface area contributed by atoms with Crippen LogP contribution in [0.25, 0.3) is 0 Å². The molecule has 0 bridgehead atoms. The van der Waals surface area contributed by atoms with E-state index in [4.69, 9.17) is 14.6 Å². The first kappa shape index (κ1) is 37.4. The minimum Gasteiger partial charge on any atom is -0.462 e. The van der Waals surface area contributed by atoms with Gasteiger partial charge in [0.1, 0.15) is 0 Å². The van der Waals surface area contributed by atoms with Gasteiger partial charge in [-0.25, -0.2) is 19.6 Å². The van der Waals surface area contributed by atoms with Gasteiger partial charge in [-0.15, -0.1) is 0 Å². The molecule has 2 aliphatic carbocycles. The summed E-state index contributed by atoms with van der Waals surface area (Å²) < 4.78 is 10.7. The third-order valence-corrected chi connectivity index (χ3v) is 13.4. The molecule has 0 radical (unpaired) electrons. The molecule has 6 heteroatoms. The highest BCUT2D eigenvalue weighted by molar-refractivity contribution is 8.32. The van der Waals surface area contributed by atoms with Gasteiger partial charge in [-0.3, -0.25) is 0 Å². The summed E-state index contributed by atoms with van der Waals surface area (Å²) in [7, 11) is -1.01. The second-order valence-electron chi connectivity index (χ2n) is 14.4. The molecule has 1 aromatic carbocycles. The fraction of sp³-hybridized carbons (Fsp3) is 0.692. The van der Waals surface area contributed by atoms with Crippen molar-refractivity contribution in [2.75, 3.05) is 38.1 Å². The molecule has 0 saturated heterocycles. The standard InChI is InChI=1S/C39H62O5S/c1-7-8-9-11-31-13-15-33(16-14-31)34-17-19-35(20-18-34)36-21-23-37(24-22-36)45(5,6)25-10-12-32(27-43-38(41)29(2)3)28-44-39(42)30(4)26-40/h21-24,31-35,40H,2,4,7-20,25-28H2,1,3,5-6H3. The molecule has 254 valence electrons. The van der Waals surface area contributed by atoms with Gasteiger partial charge in [-0.05, 0) is 123 Å². The van der Waals surface area contributed by atoms with E-state index in [0.717, 1.165) is 36.3 Å². The Balaban J connectivity index is 1.45. The fourth-order valence-corrected chi connectivity index (χ4v) is 9.40. The van der Waals surface area contributed by atoms with Gasteiger partial charge in [0.15, 0.2) is 0 Å². The number of aliphatic hydroxyl groups is 1. The Morgan fingerprint density at radius 3 is 2.00 bits per heavy atom. The number of hydrogen-bond acceptors (Lipinski definition) is 5. The number of hydrogen-bond donors (Lipinski definition) is 1. The zero-order valence-corrected chi connectivity index (χ0v) is 29.6. The van der Waals surface area contributed by atoms with Crippen molar-refractivity contribution in [3.05, 3.63) is 54.1 Å². The molecule has 2 saturated carbocycles. The Morgan fingerprint density at radius 2 is 1.44 bits per heavy atom. The lowest BCUT2D eigenvalue weighted by molar-refractivity contribution is -0.144. The maximum absolute atomic E-state index is 12.0. The van der Waals surface area contributed by atoms with Gasteiger partial charge in [-0.2, -0.15) is 0 Å². The molecule has 0 aliphatic heterocycles. The Hall–Kier alpha value is -2.05. The molecule has 1 aromatic rings. The SMILES string of the molecule is C=C(C)C(=O)OCC(CCCS(C)(C)c1ccc(C2CCC(C3CCC(CCCCC)CC3)CC2)cc1)COC(=O)C(=C)CO. The molecule has 1 N–H and O–H groups in total. The van der Waals surface area contributed by atoms with Crippen LogP contribution in [0.15, 0.2) is 53.5 Å². The van der Waals surface area contributed by atoms with Crippen LogP contribution in [0.3, 0.4) is 0 Å². The van der Waals surface area contributed by atoms with Crippen LogP contribution in [0.4, 0.5) is 0 Å². The van der Waals surface area contributed by atoms with Crippen LogP contribution in [-0.2, 0) is 19.1 Å². The molecular weight excluding hydrogens is 580 g/mol. The maximum Gasteiger partial charge on any atom is 0.335 e. The van der Waals surface area contributed by atoms with Gasteiger partial charge >= 0.3 is 11.9 Å². The van der Waals surface area contributed by atoms with E-state index in [-0.39, 0.29) is 24.7 Å². The van der Waals surface area contributed by atoms with Crippen LogP contribution in [0.1, 0.15) is 115 Å². The molecule has 1 atom stereocenters. The number of carbonyl (C=O) groups excluding carboxylic acids is 2. The number of esters is 2. The van der Waals surface area contributed by atoms with Crippen LogP contribution in [0, 0.1) is 23.7 Å². The first-order chi connectivity index (χ1) is 21.5. The molecule has 1 unspecified atom stereocenters. The maximum atomic E-state index is 12.0. The first-order valence-corrected chi connectivity index (χ1v) is 20.2. The van der Waals surface area contributed by atoms with Gasteiger partial charge in [0.2, 0.25) is 0 Å². The summed E-state index contributed by atoms with van der Waals surface area (Å²) in [6.07, 6.45) is 23.5. The van der Waals surface area contributed by atoms with Gasteiger partial charge in [0.05, 0.1) is 25.4 Å². The van der Waals surface area contributed by atoms with E-state index in [0.29, 0.717) is 11.5 Å². The Kier molecular flexibility index (Phi) is 15.7. The van der Waals surface area contributed by atoms with E-state index in [9.17, 15) is 9.59 Å². The van der Waals surface area contributed by atoms with Crippen molar-refractivity contribution in [3.63, 3.8) is 0 Å². The van der Waals surface area contributed by atoms with Crippen molar-refractivity contribution < 1.29 is 24.2 Å². The van der Waals surface area contributed by atoms with Crippen LogP contribution in [0.2, 0.25) is 0 Å². The van der Waals surface area contributed by atoms with Crippen molar-refractivity contribution in [1.82, 2.24) is 0 Å². The van der Waals surface area contributed by atoms with Gasteiger partial charge in [-0.1, -0.05) is 70.7 Å². The van der Waals surface area contributed by atoms with E-state index in [1.807, 2.05) is 0 Å². The van der Waals surface area contributed by atoms with Gasteiger partial charge < -0.3 is 14.6 Å². The minimum absolute atomic E-state index is 0.0187. The predicted octanol–water partition coefficient (Wildman–Crippen LogP) is 9.38. The zero-order chi connectivity index (χ0) is 32.8. The number of unbranched alkanes of at least 4 members (excludes halogenated alkanes) is 2. The number of aliphatic hydroxyl groups excluding tert-OH is 1. The first-order valence-electron chi connectivity index (χ1n) is 17.6. The van der Waals surface area contributed by atoms with E-state index in [1.54, 1.807) is 6.92 Å². The zero-order valence-electron chi connectivity index (χ0n) is 28.8. The van der Waals surface area contributed by atoms with Crippen LogP contribution in [0.5, 0.6) is 0 Å². The lowest BCUT2D eigenvalue weighted by atomic mass is 9.68. The van der Waals surface area contributed by atoms with Crippen LogP contribution >= 0.6 is 10.0 Å². The van der Waals surface area contributed by atoms with Crippen molar-refractivity contribution >= 4 is 22.0 Å². The molecule has 2 aliphatic rings. The number of ether oxygens (including phenoxy) is 2. The van der Waals surface area contributed by atoms with Gasteiger partial charge in [0.25, 0.3) is 0 Å². The fourth-order valence-electron chi connectivity index (χ4n) is 7.41. The topological polar surface area (TPSA) is 72.8 Å². The van der Waals surface area contributed by atoms with Crippen LogP contribution < -0.4 is 0 Å². The van der Waals surface area contributed by atoms with Crippen molar-refractivity contribution in [2.45, 2.75) is 115 Å². The summed E-state index contributed by atoms with van der Waals surface area (Å²) in [4.78, 5) is 25.4. The molecule has 3 rings (SSSR count). The summed E-state index contributed by atoms with van der Waals surface area (Å²) in [5.41, 5.74) is 1.87. The third kappa shape index (κ3) is 12.2. The summed E-state index contributed by atoms with van der Waals surface area (Å²) in [5, 5.41) is 9.15. The van der Waals surface area contributed by atoms with Crippen molar-refractivity contribution in [2.24, 2.45) is 23.7 Å². The normalized spacial score (nSPS) is 23.1. The van der Waals surface area contributed by atoms with Crippen LogP contribution in [-0.4, -0.2) is 55.1 Å². The van der Waals surface area contributed by atoms with E-state index in [1.165, 1.54) is 87.5 Å². The second kappa shape index (κ2) is 18.9. The minimum atomic E-state index is -1.01. The Morgan fingerprint density at radius 1 is 0.867 bits per heavy atom. The molecular formula is C39H62O5S. The summed E-state index contributed by atoms with van der Waals surface area (Å²) in [6, 6.07) is 9.52. The Labute approximate surface area is 275 Å². The second-order valence-corrected chi connectivity index (χ2v) is 18.4.